The van der Waals surface area contributed by atoms with E-state index in [1.54, 1.807) is 19.3 Å². The lowest BCUT2D eigenvalue weighted by atomic mass is 10.2. The monoisotopic (exact) mass is 366 g/mol. The smallest absolute Gasteiger partial charge is 0.193 e. The lowest BCUT2D eigenvalue weighted by molar-refractivity contribution is 0.474. The average Bonchev–Trinajstić information content (AvgIpc) is 3.09. The first-order chi connectivity index (χ1) is 13.1. The standard InChI is InChI=1S/C20H23FN6/c1-15-23-9-10-27(15)19-8-7-17(12-24-19)13-25-20(22-2)26(3)14-16-5-4-6-18(21)11-16/h4-12H,13-14H2,1-3H3,(H,22,25). The molecule has 27 heavy (non-hydrogen) atoms. The van der Waals surface area contributed by atoms with Gasteiger partial charge in [0.25, 0.3) is 0 Å². The highest BCUT2D eigenvalue weighted by Gasteiger charge is 2.08. The Balaban J connectivity index is 1.60. The van der Waals surface area contributed by atoms with Crippen molar-refractivity contribution in [3.8, 4) is 5.82 Å². The largest absolute Gasteiger partial charge is 0.352 e. The van der Waals surface area contributed by atoms with E-state index in [1.165, 1.54) is 12.1 Å². The van der Waals surface area contributed by atoms with Gasteiger partial charge in [0.2, 0.25) is 0 Å². The lowest BCUT2D eigenvalue weighted by Gasteiger charge is -2.22. The van der Waals surface area contributed by atoms with Crippen LogP contribution in [0.1, 0.15) is 17.0 Å². The normalized spacial score (nSPS) is 11.5. The fourth-order valence-corrected chi connectivity index (χ4v) is 2.83. The molecule has 0 atom stereocenters. The van der Waals surface area contributed by atoms with Gasteiger partial charge in [0.15, 0.2) is 5.96 Å². The Kier molecular flexibility index (Phi) is 5.80. The van der Waals surface area contributed by atoms with Gasteiger partial charge in [-0.2, -0.15) is 0 Å². The Hall–Kier alpha value is -3.22. The Morgan fingerprint density at radius 1 is 1.22 bits per heavy atom. The third-order valence-electron chi connectivity index (χ3n) is 4.21. The molecule has 0 spiro atoms. The van der Waals surface area contributed by atoms with Crippen molar-refractivity contribution in [2.75, 3.05) is 14.1 Å². The number of guanidine groups is 1. The van der Waals surface area contributed by atoms with Crippen molar-refractivity contribution in [3.05, 3.63) is 77.8 Å². The third-order valence-corrected chi connectivity index (χ3v) is 4.21. The fraction of sp³-hybridized carbons (Fsp3) is 0.250. The maximum Gasteiger partial charge on any atom is 0.193 e. The number of imidazole rings is 1. The minimum Gasteiger partial charge on any atom is -0.352 e. The third kappa shape index (κ3) is 4.69. The van der Waals surface area contributed by atoms with E-state index in [2.05, 4.69) is 20.3 Å². The molecule has 140 valence electrons. The van der Waals surface area contributed by atoms with Crippen LogP contribution in [0.15, 0.2) is 60.0 Å². The molecule has 3 rings (SSSR count). The van der Waals surface area contributed by atoms with Gasteiger partial charge in [0.05, 0.1) is 0 Å². The Morgan fingerprint density at radius 3 is 2.70 bits per heavy atom. The van der Waals surface area contributed by atoms with Gasteiger partial charge in [-0.05, 0) is 36.2 Å². The second-order valence-corrected chi connectivity index (χ2v) is 6.26. The minimum atomic E-state index is -0.233. The van der Waals surface area contributed by atoms with Crippen LogP contribution in [-0.4, -0.2) is 39.5 Å². The first-order valence-electron chi connectivity index (χ1n) is 8.68. The molecule has 0 aliphatic heterocycles. The van der Waals surface area contributed by atoms with Gasteiger partial charge in [-0.25, -0.2) is 14.4 Å². The van der Waals surface area contributed by atoms with E-state index in [0.29, 0.717) is 13.1 Å². The van der Waals surface area contributed by atoms with E-state index >= 15 is 0 Å². The van der Waals surface area contributed by atoms with Gasteiger partial charge in [0, 0.05) is 45.8 Å². The van der Waals surface area contributed by atoms with Crippen molar-refractivity contribution in [1.82, 2.24) is 24.8 Å². The van der Waals surface area contributed by atoms with E-state index < -0.39 is 0 Å². The van der Waals surface area contributed by atoms with E-state index in [4.69, 9.17) is 0 Å². The van der Waals surface area contributed by atoms with Crippen molar-refractivity contribution < 1.29 is 4.39 Å². The van der Waals surface area contributed by atoms with E-state index in [1.807, 2.05) is 54.0 Å². The zero-order chi connectivity index (χ0) is 19.2. The number of aromatic nitrogens is 3. The predicted molar refractivity (Wildman–Crippen MR) is 104 cm³/mol. The van der Waals surface area contributed by atoms with Crippen LogP contribution in [0.25, 0.3) is 5.82 Å². The maximum absolute atomic E-state index is 13.4. The number of rotatable bonds is 5. The van der Waals surface area contributed by atoms with Gasteiger partial charge in [-0.1, -0.05) is 18.2 Å². The molecule has 2 aromatic heterocycles. The molecule has 1 N–H and O–H groups in total. The van der Waals surface area contributed by atoms with E-state index in [0.717, 1.165) is 28.7 Å². The Labute approximate surface area is 158 Å². The molecule has 0 radical (unpaired) electrons. The van der Waals surface area contributed by atoms with Crippen molar-refractivity contribution >= 4 is 5.96 Å². The number of hydrogen-bond donors (Lipinski definition) is 1. The van der Waals surface area contributed by atoms with Crippen molar-refractivity contribution in [2.24, 2.45) is 4.99 Å². The van der Waals surface area contributed by atoms with Gasteiger partial charge in [-0.15, -0.1) is 0 Å². The summed E-state index contributed by atoms with van der Waals surface area (Å²) in [5.41, 5.74) is 1.93. The maximum atomic E-state index is 13.4. The summed E-state index contributed by atoms with van der Waals surface area (Å²) < 4.78 is 15.3. The Morgan fingerprint density at radius 2 is 2.07 bits per heavy atom. The average molecular weight is 366 g/mol. The van der Waals surface area contributed by atoms with Crippen LogP contribution >= 0.6 is 0 Å². The number of nitrogens with one attached hydrogen (secondary N) is 1. The highest BCUT2D eigenvalue weighted by molar-refractivity contribution is 5.79. The Bertz CT molecular complexity index is 916. The van der Waals surface area contributed by atoms with E-state index in [-0.39, 0.29) is 5.82 Å². The first kappa shape index (κ1) is 18.6. The highest BCUT2D eigenvalue weighted by Crippen LogP contribution is 2.09. The van der Waals surface area contributed by atoms with Gasteiger partial charge in [-0.3, -0.25) is 9.56 Å². The number of aryl methyl sites for hydroxylation is 1. The summed E-state index contributed by atoms with van der Waals surface area (Å²) in [7, 11) is 3.65. The van der Waals surface area contributed by atoms with Gasteiger partial charge < -0.3 is 10.2 Å². The molecule has 0 saturated heterocycles. The van der Waals surface area contributed by atoms with E-state index in [9.17, 15) is 4.39 Å². The van der Waals surface area contributed by atoms with Crippen molar-refractivity contribution in [3.63, 3.8) is 0 Å². The number of benzene rings is 1. The highest BCUT2D eigenvalue weighted by atomic mass is 19.1. The zero-order valence-corrected chi connectivity index (χ0v) is 15.7. The van der Waals surface area contributed by atoms with Crippen LogP contribution in [0.2, 0.25) is 0 Å². The van der Waals surface area contributed by atoms with Crippen LogP contribution < -0.4 is 5.32 Å². The summed E-state index contributed by atoms with van der Waals surface area (Å²) in [5, 5.41) is 3.31. The molecule has 2 heterocycles. The number of aliphatic imine (C=N–C) groups is 1. The molecule has 0 aliphatic carbocycles. The molecular formula is C20H23FN6. The molecule has 0 aliphatic rings. The number of pyridine rings is 1. The summed E-state index contributed by atoms with van der Waals surface area (Å²) in [6.45, 7) is 3.10. The number of nitrogens with zero attached hydrogens (tertiary/aromatic N) is 5. The molecule has 0 unspecified atom stereocenters. The minimum absolute atomic E-state index is 0.233. The summed E-state index contributed by atoms with van der Waals surface area (Å²) in [4.78, 5) is 15.0. The topological polar surface area (TPSA) is 58.3 Å². The molecule has 0 fully saturated rings. The lowest BCUT2D eigenvalue weighted by Crippen LogP contribution is -2.38. The molecule has 0 amide bonds. The summed E-state index contributed by atoms with van der Waals surface area (Å²) in [6.07, 6.45) is 5.48. The quantitative estimate of drug-likeness (QED) is 0.557. The summed E-state index contributed by atoms with van der Waals surface area (Å²) in [6, 6.07) is 10.6. The number of halogens is 1. The fourth-order valence-electron chi connectivity index (χ4n) is 2.83. The molecule has 0 saturated carbocycles. The van der Waals surface area contributed by atoms with Crippen LogP contribution in [0.5, 0.6) is 0 Å². The summed E-state index contributed by atoms with van der Waals surface area (Å²) in [5.74, 6) is 2.23. The predicted octanol–water partition coefficient (Wildman–Crippen LogP) is 2.92. The molecule has 6 nitrogen and oxygen atoms in total. The van der Waals surface area contributed by atoms with Crippen LogP contribution in [0, 0.1) is 12.7 Å². The van der Waals surface area contributed by atoms with Gasteiger partial charge in [0.1, 0.15) is 17.5 Å². The SMILES string of the molecule is CN=C(NCc1ccc(-n2ccnc2C)nc1)N(C)Cc1cccc(F)c1. The number of hydrogen-bond acceptors (Lipinski definition) is 3. The second kappa shape index (κ2) is 8.44. The zero-order valence-electron chi connectivity index (χ0n) is 15.7. The van der Waals surface area contributed by atoms with Crippen molar-refractivity contribution in [1.29, 1.82) is 0 Å². The van der Waals surface area contributed by atoms with Gasteiger partial charge >= 0.3 is 0 Å². The van der Waals surface area contributed by atoms with Crippen LogP contribution in [0.3, 0.4) is 0 Å². The first-order valence-corrected chi connectivity index (χ1v) is 8.68. The van der Waals surface area contributed by atoms with Crippen LogP contribution in [0.4, 0.5) is 4.39 Å². The van der Waals surface area contributed by atoms with Crippen molar-refractivity contribution in [2.45, 2.75) is 20.0 Å². The molecule has 0 bridgehead atoms. The summed E-state index contributed by atoms with van der Waals surface area (Å²) >= 11 is 0. The molecular weight excluding hydrogens is 343 g/mol. The molecule has 3 aromatic rings. The second-order valence-electron chi connectivity index (χ2n) is 6.26. The molecule has 7 heteroatoms. The molecule has 1 aromatic carbocycles. The van der Waals surface area contributed by atoms with Crippen LogP contribution in [-0.2, 0) is 13.1 Å².